The van der Waals surface area contributed by atoms with E-state index in [1.807, 2.05) is 0 Å². The maximum atomic E-state index is 11.8. The van der Waals surface area contributed by atoms with Gasteiger partial charge >= 0.3 is 12.0 Å². The maximum Gasteiger partial charge on any atom is 0.329 e. The summed E-state index contributed by atoms with van der Waals surface area (Å²) in [5.41, 5.74) is -1.15. The summed E-state index contributed by atoms with van der Waals surface area (Å²) in [5, 5.41) is 14.5. The van der Waals surface area contributed by atoms with Gasteiger partial charge in [-0.15, -0.1) is 0 Å². The number of hydrogen-bond donors (Lipinski definition) is 3. The van der Waals surface area contributed by atoms with Crippen molar-refractivity contribution >= 4 is 22.8 Å². The number of carboxylic acid groups (broad SMARTS) is 1. The van der Waals surface area contributed by atoms with Crippen LogP contribution < -0.4 is 10.6 Å². The van der Waals surface area contributed by atoms with Gasteiger partial charge in [0.05, 0.1) is 0 Å². The minimum Gasteiger partial charge on any atom is -0.480 e. The Morgan fingerprint density at radius 3 is 2.37 bits per heavy atom. The summed E-state index contributed by atoms with van der Waals surface area (Å²) in [6, 6.07) is -0.748. The van der Waals surface area contributed by atoms with E-state index in [2.05, 4.69) is 10.6 Å². The van der Waals surface area contributed by atoms with Gasteiger partial charge in [-0.2, -0.15) is 0 Å². The van der Waals surface area contributed by atoms with Crippen LogP contribution in [0.1, 0.15) is 39.0 Å². The number of nitrogens with one attached hydrogen (secondary N) is 2. The first kappa shape index (κ1) is 15.9. The molecule has 1 fully saturated rings. The molecule has 7 heteroatoms. The second kappa shape index (κ2) is 6.88. The molecule has 0 bridgehead atoms. The lowest BCUT2D eigenvalue weighted by Crippen LogP contribution is -2.59. The Morgan fingerprint density at radius 1 is 1.32 bits per heavy atom. The van der Waals surface area contributed by atoms with Crippen LogP contribution in [0.25, 0.3) is 0 Å². The highest BCUT2D eigenvalue weighted by Gasteiger charge is 2.41. The van der Waals surface area contributed by atoms with Gasteiger partial charge < -0.3 is 15.7 Å². The standard InChI is InChI=1S/C12H22N2O4S/c1-9(8-19(2)18)13-11(17)14-12(10(15)16)6-4-3-5-7-12/h9H,3-8H2,1-2H3,(H,15,16)(H2,13,14,17). The molecule has 19 heavy (non-hydrogen) atoms. The van der Waals surface area contributed by atoms with Crippen molar-refractivity contribution in [1.82, 2.24) is 10.6 Å². The first-order valence-electron chi connectivity index (χ1n) is 6.48. The van der Waals surface area contributed by atoms with Gasteiger partial charge in [0.1, 0.15) is 5.54 Å². The lowest BCUT2D eigenvalue weighted by molar-refractivity contribution is -0.145. The molecule has 0 heterocycles. The molecule has 1 aliphatic rings. The molecule has 0 aromatic rings. The fraction of sp³-hybridized carbons (Fsp3) is 0.833. The molecule has 0 aromatic carbocycles. The Labute approximate surface area is 115 Å². The van der Waals surface area contributed by atoms with Crippen molar-refractivity contribution in [2.24, 2.45) is 0 Å². The van der Waals surface area contributed by atoms with Crippen LogP contribution in [-0.2, 0) is 15.6 Å². The third kappa shape index (κ3) is 4.81. The Bertz CT molecular complexity index is 367. The second-order valence-electron chi connectivity index (χ2n) is 5.19. The van der Waals surface area contributed by atoms with E-state index < -0.39 is 28.3 Å². The Kier molecular flexibility index (Phi) is 5.78. The van der Waals surface area contributed by atoms with E-state index in [9.17, 15) is 18.9 Å². The molecule has 0 saturated heterocycles. The Balaban J connectivity index is 2.57. The largest absolute Gasteiger partial charge is 0.480 e. The molecule has 1 saturated carbocycles. The van der Waals surface area contributed by atoms with Crippen LogP contribution in [-0.4, -0.2) is 44.9 Å². The zero-order chi connectivity index (χ0) is 14.5. The van der Waals surface area contributed by atoms with Crippen LogP contribution in [0.5, 0.6) is 0 Å². The number of aliphatic carboxylic acids is 1. The summed E-state index contributed by atoms with van der Waals surface area (Å²) in [6.07, 6.45) is 5.11. The highest BCUT2D eigenvalue weighted by atomic mass is 32.2. The lowest BCUT2D eigenvalue weighted by atomic mass is 9.82. The second-order valence-corrected chi connectivity index (χ2v) is 6.67. The average Bonchev–Trinajstić information content (AvgIpc) is 2.28. The number of amides is 2. The van der Waals surface area contributed by atoms with Crippen molar-refractivity contribution in [3.8, 4) is 0 Å². The van der Waals surface area contributed by atoms with Crippen molar-refractivity contribution in [2.45, 2.75) is 50.6 Å². The van der Waals surface area contributed by atoms with Crippen LogP contribution in [0.3, 0.4) is 0 Å². The van der Waals surface area contributed by atoms with Gasteiger partial charge in [0.25, 0.3) is 0 Å². The molecule has 0 aliphatic heterocycles. The summed E-state index contributed by atoms with van der Waals surface area (Å²) >= 11 is 0. The molecule has 0 radical (unpaired) electrons. The first-order valence-corrected chi connectivity index (χ1v) is 8.20. The van der Waals surface area contributed by atoms with E-state index in [1.54, 1.807) is 13.2 Å². The average molecular weight is 290 g/mol. The Hall–Kier alpha value is -1.11. The van der Waals surface area contributed by atoms with Crippen molar-refractivity contribution in [3.05, 3.63) is 0 Å². The zero-order valence-corrected chi connectivity index (χ0v) is 12.2. The highest BCUT2D eigenvalue weighted by molar-refractivity contribution is 7.84. The number of urea groups is 1. The minimum atomic E-state index is -1.15. The van der Waals surface area contributed by atoms with Crippen LogP contribution in [0.15, 0.2) is 0 Å². The summed E-state index contributed by atoms with van der Waals surface area (Å²) in [7, 11) is -0.997. The van der Waals surface area contributed by atoms with E-state index in [-0.39, 0.29) is 6.04 Å². The van der Waals surface area contributed by atoms with Crippen molar-refractivity contribution in [2.75, 3.05) is 12.0 Å². The monoisotopic (exact) mass is 290 g/mol. The normalized spacial score (nSPS) is 21.2. The molecule has 2 atom stereocenters. The molecule has 0 spiro atoms. The fourth-order valence-electron chi connectivity index (χ4n) is 2.42. The van der Waals surface area contributed by atoms with Gasteiger partial charge in [-0.3, -0.25) is 4.21 Å². The SMILES string of the molecule is CC(CS(C)=O)NC(=O)NC1(C(=O)O)CCCCC1. The molecule has 1 rings (SSSR count). The van der Waals surface area contributed by atoms with E-state index in [4.69, 9.17) is 0 Å². The summed E-state index contributed by atoms with van der Waals surface area (Å²) in [4.78, 5) is 23.2. The van der Waals surface area contributed by atoms with Gasteiger partial charge in [0.2, 0.25) is 0 Å². The smallest absolute Gasteiger partial charge is 0.329 e. The number of carboxylic acids is 1. The molecule has 2 amide bonds. The van der Waals surface area contributed by atoms with Gasteiger partial charge in [0.15, 0.2) is 0 Å². The number of hydrogen-bond acceptors (Lipinski definition) is 3. The molecular formula is C12H22N2O4S. The topological polar surface area (TPSA) is 95.5 Å². The third-order valence-corrected chi connectivity index (χ3v) is 4.30. The van der Waals surface area contributed by atoms with Crippen molar-refractivity contribution in [1.29, 1.82) is 0 Å². The molecule has 110 valence electrons. The predicted molar refractivity (Wildman–Crippen MR) is 73.5 cm³/mol. The van der Waals surface area contributed by atoms with E-state index in [0.29, 0.717) is 18.6 Å². The van der Waals surface area contributed by atoms with Crippen molar-refractivity contribution in [3.63, 3.8) is 0 Å². The lowest BCUT2D eigenvalue weighted by Gasteiger charge is -2.34. The van der Waals surface area contributed by atoms with Crippen molar-refractivity contribution < 1.29 is 18.9 Å². The number of carbonyl (C=O) groups excluding carboxylic acids is 1. The summed E-state index contributed by atoms with van der Waals surface area (Å²) < 4.78 is 11.0. The number of carbonyl (C=O) groups is 2. The highest BCUT2D eigenvalue weighted by Crippen LogP contribution is 2.28. The van der Waals surface area contributed by atoms with Gasteiger partial charge in [0, 0.05) is 28.9 Å². The molecule has 1 aliphatic carbocycles. The molecule has 6 nitrogen and oxygen atoms in total. The minimum absolute atomic E-state index is 0.250. The predicted octanol–water partition coefficient (Wildman–Crippen LogP) is 0.840. The quantitative estimate of drug-likeness (QED) is 0.699. The molecule has 3 N–H and O–H groups in total. The van der Waals surface area contributed by atoms with Crippen LogP contribution in [0.2, 0.25) is 0 Å². The van der Waals surface area contributed by atoms with Gasteiger partial charge in [-0.25, -0.2) is 9.59 Å². The van der Waals surface area contributed by atoms with Gasteiger partial charge in [-0.05, 0) is 19.8 Å². The third-order valence-electron chi connectivity index (χ3n) is 3.33. The molecular weight excluding hydrogens is 268 g/mol. The van der Waals surface area contributed by atoms with E-state index in [0.717, 1.165) is 19.3 Å². The fourth-order valence-corrected chi connectivity index (χ4v) is 3.21. The van der Waals surface area contributed by atoms with Crippen LogP contribution in [0, 0.1) is 0 Å². The summed E-state index contributed by atoms with van der Waals surface area (Å²) in [5.74, 6) is -0.623. The number of rotatable bonds is 5. The maximum absolute atomic E-state index is 11.8. The summed E-state index contributed by atoms with van der Waals surface area (Å²) in [6.45, 7) is 1.75. The molecule has 0 aromatic heterocycles. The molecule has 2 unspecified atom stereocenters. The van der Waals surface area contributed by atoms with Crippen LogP contribution >= 0.6 is 0 Å². The van der Waals surface area contributed by atoms with Crippen LogP contribution in [0.4, 0.5) is 4.79 Å². The Morgan fingerprint density at radius 2 is 1.89 bits per heavy atom. The van der Waals surface area contributed by atoms with E-state index >= 15 is 0 Å². The zero-order valence-electron chi connectivity index (χ0n) is 11.4. The van der Waals surface area contributed by atoms with Gasteiger partial charge in [-0.1, -0.05) is 19.3 Å². The van der Waals surface area contributed by atoms with E-state index in [1.165, 1.54) is 0 Å². The first-order chi connectivity index (χ1) is 8.85.